The minimum absolute atomic E-state index is 0.0949. The molecule has 1 heterocycles. The molecule has 0 aliphatic rings. The second-order valence-corrected chi connectivity index (χ2v) is 3.81. The summed E-state index contributed by atoms with van der Waals surface area (Å²) in [5.74, 6) is 0. The minimum Gasteiger partial charge on any atom is -0.281 e. The second-order valence-electron chi connectivity index (χ2n) is 2.31. The topological polar surface area (TPSA) is 88.8 Å². The lowest BCUT2D eigenvalue weighted by Crippen LogP contribution is -2.13. The summed E-state index contributed by atoms with van der Waals surface area (Å²) in [5.41, 5.74) is 0.884. The van der Waals surface area contributed by atoms with Crippen molar-refractivity contribution < 1.29 is 8.42 Å². The van der Waals surface area contributed by atoms with Gasteiger partial charge in [0.1, 0.15) is 4.90 Å². The smallest absolute Gasteiger partial charge is 0.241 e. The van der Waals surface area contributed by atoms with Gasteiger partial charge in [0.15, 0.2) is 0 Å². The third kappa shape index (κ3) is 1.41. The van der Waals surface area contributed by atoms with E-state index in [2.05, 4.69) is 10.2 Å². The highest BCUT2D eigenvalue weighted by Crippen LogP contribution is 2.13. The maximum absolute atomic E-state index is 10.9. The molecule has 0 saturated carbocycles. The standard InChI is InChI=1S/C5H9N3O2S/c1-3-5(11(6,9)10)4(2)8-7-3/h1-2H3,(H,7,8)(H2,6,9,10). The van der Waals surface area contributed by atoms with Gasteiger partial charge in [-0.05, 0) is 13.8 Å². The van der Waals surface area contributed by atoms with Crippen molar-refractivity contribution in [2.24, 2.45) is 5.14 Å². The first-order valence-corrected chi connectivity index (χ1v) is 4.52. The van der Waals surface area contributed by atoms with E-state index < -0.39 is 10.0 Å². The molecule has 0 saturated heterocycles. The highest BCUT2D eigenvalue weighted by atomic mass is 32.2. The Hall–Kier alpha value is -0.880. The molecule has 1 aromatic rings. The maximum atomic E-state index is 10.9. The Morgan fingerprint density at radius 2 is 2.00 bits per heavy atom. The van der Waals surface area contributed by atoms with E-state index in [4.69, 9.17) is 5.14 Å². The summed E-state index contributed by atoms with van der Waals surface area (Å²) in [5, 5.41) is 11.1. The maximum Gasteiger partial charge on any atom is 0.241 e. The van der Waals surface area contributed by atoms with Crippen LogP contribution in [0.2, 0.25) is 0 Å². The van der Waals surface area contributed by atoms with Gasteiger partial charge < -0.3 is 0 Å². The van der Waals surface area contributed by atoms with Crippen LogP contribution in [0.3, 0.4) is 0 Å². The summed E-state index contributed by atoms with van der Waals surface area (Å²) in [4.78, 5) is 0.0949. The first-order chi connectivity index (χ1) is 4.93. The molecule has 0 amide bonds. The highest BCUT2D eigenvalue weighted by molar-refractivity contribution is 7.89. The molecule has 0 aliphatic carbocycles. The first kappa shape index (κ1) is 8.22. The lowest BCUT2D eigenvalue weighted by atomic mass is 10.4. The van der Waals surface area contributed by atoms with E-state index in [1.54, 1.807) is 13.8 Å². The van der Waals surface area contributed by atoms with Crippen LogP contribution in [-0.2, 0) is 10.0 Å². The predicted molar refractivity (Wildman–Crippen MR) is 39.4 cm³/mol. The number of aryl methyl sites for hydroxylation is 2. The van der Waals surface area contributed by atoms with E-state index in [-0.39, 0.29) is 4.90 Å². The van der Waals surface area contributed by atoms with E-state index in [0.717, 1.165) is 0 Å². The van der Waals surface area contributed by atoms with Gasteiger partial charge in [-0.2, -0.15) is 5.10 Å². The van der Waals surface area contributed by atoms with Crippen molar-refractivity contribution in [2.45, 2.75) is 18.7 Å². The highest BCUT2D eigenvalue weighted by Gasteiger charge is 2.16. The molecular weight excluding hydrogens is 166 g/mol. The molecule has 0 radical (unpaired) electrons. The van der Waals surface area contributed by atoms with Crippen LogP contribution in [0.4, 0.5) is 0 Å². The Bertz CT molecular complexity index is 346. The van der Waals surface area contributed by atoms with Crippen molar-refractivity contribution in [1.82, 2.24) is 10.2 Å². The van der Waals surface area contributed by atoms with E-state index >= 15 is 0 Å². The number of primary sulfonamides is 1. The molecule has 0 aliphatic heterocycles. The zero-order valence-corrected chi connectivity index (χ0v) is 7.07. The molecule has 3 N–H and O–H groups in total. The number of nitrogens with two attached hydrogens (primary N) is 1. The van der Waals surface area contributed by atoms with Crippen molar-refractivity contribution in [3.8, 4) is 0 Å². The molecule has 0 fully saturated rings. The number of aromatic nitrogens is 2. The number of sulfonamides is 1. The van der Waals surface area contributed by atoms with Crippen LogP contribution in [0, 0.1) is 13.8 Å². The molecule has 1 aromatic heterocycles. The lowest BCUT2D eigenvalue weighted by molar-refractivity contribution is 0.596. The zero-order chi connectivity index (χ0) is 8.65. The summed E-state index contributed by atoms with van der Waals surface area (Å²) in [6.45, 7) is 3.20. The fourth-order valence-electron chi connectivity index (χ4n) is 0.960. The van der Waals surface area contributed by atoms with Gasteiger partial charge in [0.2, 0.25) is 10.0 Å². The third-order valence-electron chi connectivity index (χ3n) is 1.35. The van der Waals surface area contributed by atoms with Gasteiger partial charge in [0.05, 0.1) is 11.4 Å². The number of nitrogens with zero attached hydrogens (tertiary/aromatic N) is 1. The van der Waals surface area contributed by atoms with Crippen LogP contribution in [0.1, 0.15) is 11.4 Å². The molecular formula is C5H9N3O2S. The molecule has 1 rings (SSSR count). The number of hydrogen-bond donors (Lipinski definition) is 2. The van der Waals surface area contributed by atoms with Gasteiger partial charge in [-0.1, -0.05) is 0 Å². The van der Waals surface area contributed by atoms with Crippen LogP contribution in [-0.4, -0.2) is 18.6 Å². The van der Waals surface area contributed by atoms with Crippen LogP contribution in [0.25, 0.3) is 0 Å². The fraction of sp³-hybridized carbons (Fsp3) is 0.400. The van der Waals surface area contributed by atoms with Gasteiger partial charge >= 0.3 is 0 Å². The fourth-order valence-corrected chi connectivity index (χ4v) is 1.89. The van der Waals surface area contributed by atoms with Crippen LogP contribution in [0.5, 0.6) is 0 Å². The summed E-state index contributed by atoms with van der Waals surface area (Å²) in [7, 11) is -3.61. The van der Waals surface area contributed by atoms with Gasteiger partial charge in [0.25, 0.3) is 0 Å². The Morgan fingerprint density at radius 1 is 1.45 bits per heavy atom. The average Bonchev–Trinajstić information content (AvgIpc) is 2.08. The molecule has 0 atom stereocenters. The van der Waals surface area contributed by atoms with Gasteiger partial charge in [-0.15, -0.1) is 0 Å². The molecule has 5 nitrogen and oxygen atoms in total. The van der Waals surface area contributed by atoms with E-state index in [1.807, 2.05) is 0 Å². The van der Waals surface area contributed by atoms with Crippen molar-refractivity contribution >= 4 is 10.0 Å². The quantitative estimate of drug-likeness (QED) is 0.612. The molecule has 6 heteroatoms. The zero-order valence-electron chi connectivity index (χ0n) is 6.25. The number of aromatic amines is 1. The average molecular weight is 175 g/mol. The molecule has 0 aromatic carbocycles. The van der Waals surface area contributed by atoms with Crippen LogP contribution < -0.4 is 5.14 Å². The molecule has 0 spiro atoms. The van der Waals surface area contributed by atoms with Gasteiger partial charge in [-0.25, -0.2) is 13.6 Å². The minimum atomic E-state index is -3.61. The summed E-state index contributed by atoms with van der Waals surface area (Å²) >= 11 is 0. The van der Waals surface area contributed by atoms with E-state index in [9.17, 15) is 8.42 Å². The van der Waals surface area contributed by atoms with Crippen molar-refractivity contribution in [2.75, 3.05) is 0 Å². The summed E-state index contributed by atoms with van der Waals surface area (Å²) < 4.78 is 21.7. The van der Waals surface area contributed by atoms with Crippen LogP contribution >= 0.6 is 0 Å². The molecule has 62 valence electrons. The number of nitrogens with one attached hydrogen (secondary N) is 1. The van der Waals surface area contributed by atoms with Crippen LogP contribution in [0.15, 0.2) is 4.90 Å². The predicted octanol–water partition coefficient (Wildman–Crippen LogP) is -0.326. The lowest BCUT2D eigenvalue weighted by Gasteiger charge is -1.94. The number of hydrogen-bond acceptors (Lipinski definition) is 3. The molecule has 0 unspecified atom stereocenters. The molecule has 0 bridgehead atoms. The van der Waals surface area contributed by atoms with Crippen molar-refractivity contribution in [3.05, 3.63) is 11.4 Å². The van der Waals surface area contributed by atoms with E-state index in [1.165, 1.54) is 0 Å². The first-order valence-electron chi connectivity index (χ1n) is 2.97. The Balaban J connectivity index is 3.45. The Kier molecular flexibility index (Phi) is 1.73. The normalized spacial score (nSPS) is 11.9. The SMILES string of the molecule is Cc1n[nH]c(C)c1S(N)(=O)=O. The Labute approximate surface area is 64.7 Å². The van der Waals surface area contributed by atoms with Crippen molar-refractivity contribution in [3.63, 3.8) is 0 Å². The monoisotopic (exact) mass is 175 g/mol. The summed E-state index contributed by atoms with van der Waals surface area (Å²) in [6, 6.07) is 0. The third-order valence-corrected chi connectivity index (χ3v) is 2.52. The molecule has 11 heavy (non-hydrogen) atoms. The van der Waals surface area contributed by atoms with Gasteiger partial charge in [-0.3, -0.25) is 5.10 Å². The largest absolute Gasteiger partial charge is 0.281 e. The van der Waals surface area contributed by atoms with Crippen molar-refractivity contribution in [1.29, 1.82) is 0 Å². The summed E-state index contributed by atoms with van der Waals surface area (Å²) in [6.07, 6.45) is 0. The number of rotatable bonds is 1. The second kappa shape index (κ2) is 2.31. The van der Waals surface area contributed by atoms with Gasteiger partial charge in [0, 0.05) is 0 Å². The Morgan fingerprint density at radius 3 is 2.18 bits per heavy atom. The number of H-pyrrole nitrogens is 1. The van der Waals surface area contributed by atoms with E-state index in [0.29, 0.717) is 11.4 Å².